The quantitative estimate of drug-likeness (QED) is 0.772. The number of imidazole rings is 1. The van der Waals surface area contributed by atoms with Gasteiger partial charge in [0.25, 0.3) is 0 Å². The summed E-state index contributed by atoms with van der Waals surface area (Å²) in [6.07, 6.45) is 5.45. The minimum atomic E-state index is 0.510. The highest BCUT2D eigenvalue weighted by Crippen LogP contribution is 2.36. The Hall–Kier alpha value is -1.09. The number of para-hydroxylation sites is 1. The Morgan fingerprint density at radius 1 is 1.33 bits per heavy atom. The first kappa shape index (κ1) is 12.0. The molecule has 3 heteroatoms. The van der Waals surface area contributed by atoms with E-state index in [1.807, 2.05) is 0 Å². The van der Waals surface area contributed by atoms with Gasteiger partial charge in [0.1, 0.15) is 0 Å². The fourth-order valence-corrected chi connectivity index (χ4v) is 3.71. The van der Waals surface area contributed by atoms with Crippen molar-refractivity contribution < 1.29 is 0 Å². The maximum atomic E-state index is 5.53. The van der Waals surface area contributed by atoms with Crippen molar-refractivity contribution in [2.75, 3.05) is 0 Å². The second kappa shape index (κ2) is 4.54. The summed E-state index contributed by atoms with van der Waals surface area (Å²) in [5.41, 5.74) is 3.74. The Morgan fingerprint density at radius 3 is 2.78 bits per heavy atom. The minimum Gasteiger partial charge on any atom is -0.330 e. The molecule has 0 aliphatic heterocycles. The van der Waals surface area contributed by atoms with Crippen molar-refractivity contribution >= 4 is 23.3 Å². The molecule has 1 aliphatic rings. The van der Waals surface area contributed by atoms with Crippen molar-refractivity contribution in [1.29, 1.82) is 0 Å². The smallest absolute Gasteiger partial charge is 0.178 e. The molecule has 1 fully saturated rings. The molecule has 0 bridgehead atoms. The summed E-state index contributed by atoms with van der Waals surface area (Å²) < 4.78 is 3.20. The van der Waals surface area contributed by atoms with E-state index in [9.17, 15) is 0 Å². The van der Waals surface area contributed by atoms with Crippen molar-refractivity contribution in [3.63, 3.8) is 0 Å². The van der Waals surface area contributed by atoms with Crippen LogP contribution in [0.15, 0.2) is 18.2 Å². The number of hydrogen-bond donors (Lipinski definition) is 1. The molecular weight excluding hydrogens is 240 g/mol. The van der Waals surface area contributed by atoms with Crippen LogP contribution in [-0.2, 0) is 0 Å². The van der Waals surface area contributed by atoms with Crippen LogP contribution in [-0.4, -0.2) is 9.55 Å². The van der Waals surface area contributed by atoms with Crippen LogP contribution >= 0.6 is 12.2 Å². The minimum absolute atomic E-state index is 0.510. The highest BCUT2D eigenvalue weighted by atomic mass is 32.1. The molecule has 96 valence electrons. The van der Waals surface area contributed by atoms with Gasteiger partial charge in [0.15, 0.2) is 4.77 Å². The fraction of sp³-hybridized carbons (Fsp3) is 0.533. The summed E-state index contributed by atoms with van der Waals surface area (Å²) in [5.74, 6) is 0.788. The lowest BCUT2D eigenvalue weighted by Gasteiger charge is -2.21. The second-order valence-electron chi connectivity index (χ2n) is 5.55. The molecule has 2 nitrogen and oxygen atoms in total. The van der Waals surface area contributed by atoms with Gasteiger partial charge in [0.05, 0.1) is 11.0 Å². The summed E-state index contributed by atoms with van der Waals surface area (Å²) in [7, 11) is 0. The third kappa shape index (κ3) is 1.81. The number of nitrogens with zero attached hydrogens (tertiary/aromatic N) is 1. The number of hydrogen-bond acceptors (Lipinski definition) is 1. The summed E-state index contributed by atoms with van der Waals surface area (Å²) in [5, 5.41) is 0. The van der Waals surface area contributed by atoms with Crippen molar-refractivity contribution in [3.8, 4) is 0 Å². The van der Waals surface area contributed by atoms with Crippen molar-refractivity contribution in [2.45, 2.75) is 45.6 Å². The van der Waals surface area contributed by atoms with Gasteiger partial charge in [0, 0.05) is 6.04 Å². The SMILES string of the molecule is Cc1cccc2c1[nH]c(=S)n2C(C)C1CCCC1. The highest BCUT2D eigenvalue weighted by molar-refractivity contribution is 7.71. The number of aromatic nitrogens is 2. The van der Waals surface area contributed by atoms with E-state index in [-0.39, 0.29) is 0 Å². The summed E-state index contributed by atoms with van der Waals surface area (Å²) in [6, 6.07) is 6.95. The van der Waals surface area contributed by atoms with E-state index in [0.29, 0.717) is 6.04 Å². The molecule has 1 atom stereocenters. The Balaban J connectivity index is 2.13. The summed E-state index contributed by atoms with van der Waals surface area (Å²) in [6.45, 7) is 4.46. The fourth-order valence-electron chi connectivity index (χ4n) is 3.35. The summed E-state index contributed by atoms with van der Waals surface area (Å²) in [4.78, 5) is 3.38. The van der Waals surface area contributed by atoms with Crippen LogP contribution in [0.4, 0.5) is 0 Å². The van der Waals surface area contributed by atoms with Crippen molar-refractivity contribution in [3.05, 3.63) is 28.5 Å². The first-order chi connectivity index (χ1) is 8.68. The Morgan fingerprint density at radius 2 is 2.06 bits per heavy atom. The van der Waals surface area contributed by atoms with Crippen LogP contribution in [0.25, 0.3) is 11.0 Å². The first-order valence-corrected chi connectivity index (χ1v) is 7.29. The van der Waals surface area contributed by atoms with Gasteiger partial charge in [-0.25, -0.2) is 0 Å². The van der Waals surface area contributed by atoms with Gasteiger partial charge in [-0.05, 0) is 56.5 Å². The third-order valence-electron chi connectivity index (χ3n) is 4.45. The topological polar surface area (TPSA) is 20.7 Å². The molecule has 1 saturated carbocycles. The maximum absolute atomic E-state index is 5.53. The monoisotopic (exact) mass is 260 g/mol. The van der Waals surface area contributed by atoms with E-state index in [4.69, 9.17) is 12.2 Å². The molecule has 0 amide bonds. The molecule has 18 heavy (non-hydrogen) atoms. The van der Waals surface area contributed by atoms with E-state index in [1.165, 1.54) is 42.3 Å². The second-order valence-corrected chi connectivity index (χ2v) is 5.94. The number of H-pyrrole nitrogens is 1. The highest BCUT2D eigenvalue weighted by Gasteiger charge is 2.24. The standard InChI is InChI=1S/C15H20N2S/c1-10-6-5-9-13-14(10)16-15(18)17(13)11(2)12-7-3-4-8-12/h5-6,9,11-12H,3-4,7-8H2,1-2H3,(H,16,18). The molecular formula is C15H20N2S. The van der Waals surface area contributed by atoms with Gasteiger partial charge in [-0.15, -0.1) is 0 Å². The number of nitrogens with one attached hydrogen (secondary N) is 1. The molecule has 2 aromatic rings. The zero-order valence-corrected chi connectivity index (χ0v) is 11.9. The molecule has 0 spiro atoms. The van der Waals surface area contributed by atoms with E-state index in [0.717, 1.165) is 10.7 Å². The molecule has 1 unspecified atom stereocenters. The molecule has 3 rings (SSSR count). The van der Waals surface area contributed by atoms with Gasteiger partial charge in [-0.3, -0.25) is 0 Å². The van der Waals surface area contributed by atoms with E-state index in [1.54, 1.807) is 0 Å². The van der Waals surface area contributed by atoms with Gasteiger partial charge in [0.2, 0.25) is 0 Å². The Bertz CT molecular complexity index is 617. The normalized spacial score (nSPS) is 18.6. The number of rotatable bonds is 2. The van der Waals surface area contributed by atoms with Crippen LogP contribution in [0.5, 0.6) is 0 Å². The Kier molecular flexibility index (Phi) is 3.02. The average molecular weight is 260 g/mol. The number of benzene rings is 1. The Labute approximate surface area is 113 Å². The molecule has 1 heterocycles. The number of fused-ring (bicyclic) bond motifs is 1. The lowest BCUT2D eigenvalue weighted by Crippen LogP contribution is -2.14. The largest absolute Gasteiger partial charge is 0.330 e. The van der Waals surface area contributed by atoms with E-state index < -0.39 is 0 Å². The van der Waals surface area contributed by atoms with Gasteiger partial charge in [-0.2, -0.15) is 0 Å². The van der Waals surface area contributed by atoms with Gasteiger partial charge < -0.3 is 9.55 Å². The van der Waals surface area contributed by atoms with E-state index >= 15 is 0 Å². The molecule has 0 saturated heterocycles. The van der Waals surface area contributed by atoms with Gasteiger partial charge >= 0.3 is 0 Å². The molecule has 1 N–H and O–H groups in total. The number of aromatic amines is 1. The molecule has 1 aliphatic carbocycles. The number of aryl methyl sites for hydroxylation is 1. The molecule has 1 aromatic heterocycles. The van der Waals surface area contributed by atoms with Crippen molar-refractivity contribution in [1.82, 2.24) is 9.55 Å². The van der Waals surface area contributed by atoms with Crippen LogP contribution in [0, 0.1) is 17.6 Å². The van der Waals surface area contributed by atoms with Crippen LogP contribution in [0.1, 0.15) is 44.2 Å². The van der Waals surface area contributed by atoms with Crippen molar-refractivity contribution in [2.24, 2.45) is 5.92 Å². The maximum Gasteiger partial charge on any atom is 0.178 e. The predicted molar refractivity (Wildman–Crippen MR) is 78.5 cm³/mol. The van der Waals surface area contributed by atoms with Crippen LogP contribution in [0.2, 0.25) is 0 Å². The zero-order valence-electron chi connectivity index (χ0n) is 11.1. The van der Waals surface area contributed by atoms with Crippen LogP contribution in [0.3, 0.4) is 0 Å². The van der Waals surface area contributed by atoms with Gasteiger partial charge in [-0.1, -0.05) is 25.0 Å². The molecule has 1 aromatic carbocycles. The predicted octanol–water partition coefficient (Wildman–Crippen LogP) is 4.76. The first-order valence-electron chi connectivity index (χ1n) is 6.88. The summed E-state index contributed by atoms with van der Waals surface area (Å²) >= 11 is 5.53. The van der Waals surface area contributed by atoms with Crippen LogP contribution < -0.4 is 0 Å². The van der Waals surface area contributed by atoms with E-state index in [2.05, 4.69) is 41.6 Å². The lowest BCUT2D eigenvalue weighted by molar-refractivity contribution is 0.365. The lowest BCUT2D eigenvalue weighted by atomic mass is 9.99. The average Bonchev–Trinajstić information content (AvgIpc) is 2.96. The zero-order chi connectivity index (χ0) is 12.7. The third-order valence-corrected chi connectivity index (χ3v) is 4.75. The molecule has 0 radical (unpaired) electrons.